The van der Waals surface area contributed by atoms with Gasteiger partial charge in [0.25, 0.3) is 0 Å². The van der Waals surface area contributed by atoms with Gasteiger partial charge in [0.1, 0.15) is 0 Å². The Bertz CT molecular complexity index is 623. The van der Waals surface area contributed by atoms with Gasteiger partial charge >= 0.3 is 0 Å². The Kier molecular flexibility index (Phi) is 5.39. The molecule has 4 heteroatoms. The lowest BCUT2D eigenvalue weighted by Crippen LogP contribution is -2.21. The van der Waals surface area contributed by atoms with Crippen LogP contribution in [-0.2, 0) is 11.2 Å². The second-order valence-electron chi connectivity index (χ2n) is 4.92. The third-order valence-electron chi connectivity index (χ3n) is 3.26. The molecule has 110 valence electrons. The summed E-state index contributed by atoms with van der Waals surface area (Å²) < 4.78 is 1.06. The van der Waals surface area contributed by atoms with Gasteiger partial charge in [-0.05, 0) is 54.8 Å². The minimum atomic E-state index is -0.0557. The second-order valence-corrected chi connectivity index (χ2v) is 5.77. The zero-order valence-electron chi connectivity index (χ0n) is 12.2. The van der Waals surface area contributed by atoms with E-state index in [-0.39, 0.29) is 12.5 Å². The van der Waals surface area contributed by atoms with E-state index in [9.17, 15) is 4.79 Å². The van der Waals surface area contributed by atoms with Gasteiger partial charge in [-0.3, -0.25) is 4.79 Å². The molecule has 0 heterocycles. The average Bonchev–Trinajstić information content (AvgIpc) is 2.49. The summed E-state index contributed by atoms with van der Waals surface area (Å²) in [7, 11) is 0. The summed E-state index contributed by atoms with van der Waals surface area (Å²) >= 11 is 3.46. The van der Waals surface area contributed by atoms with Gasteiger partial charge in [0, 0.05) is 15.8 Å². The summed E-state index contributed by atoms with van der Waals surface area (Å²) in [5.41, 5.74) is 4.16. The molecule has 0 saturated carbocycles. The molecule has 0 saturated heterocycles. The van der Waals surface area contributed by atoms with Gasteiger partial charge in [-0.1, -0.05) is 35.0 Å². The Hall–Kier alpha value is -1.81. The summed E-state index contributed by atoms with van der Waals surface area (Å²) in [6.07, 6.45) is 0.999. The largest absolute Gasteiger partial charge is 0.376 e. The molecule has 2 aromatic rings. The van der Waals surface area contributed by atoms with Crippen molar-refractivity contribution in [1.29, 1.82) is 0 Å². The second kappa shape index (κ2) is 7.27. The molecule has 0 atom stereocenters. The highest BCUT2D eigenvalue weighted by atomic mass is 79.9. The van der Waals surface area contributed by atoms with Crippen LogP contribution < -0.4 is 10.6 Å². The molecule has 2 aromatic carbocycles. The average molecular weight is 347 g/mol. The van der Waals surface area contributed by atoms with Crippen LogP contribution >= 0.6 is 15.9 Å². The van der Waals surface area contributed by atoms with Crippen molar-refractivity contribution in [2.45, 2.75) is 20.3 Å². The number of halogens is 1. The van der Waals surface area contributed by atoms with E-state index in [4.69, 9.17) is 0 Å². The van der Waals surface area contributed by atoms with Crippen molar-refractivity contribution in [1.82, 2.24) is 0 Å². The van der Waals surface area contributed by atoms with E-state index in [0.717, 1.165) is 27.8 Å². The first-order valence-corrected chi connectivity index (χ1v) is 7.76. The highest BCUT2D eigenvalue weighted by molar-refractivity contribution is 9.10. The standard InChI is InChI=1S/C17H19BrN2O/c1-3-13-4-6-14(7-5-13)20-17(21)11-19-15-8-9-16(18)12(2)10-15/h4-10,19H,3,11H2,1-2H3,(H,20,21). The summed E-state index contributed by atoms with van der Waals surface area (Å²) in [6, 6.07) is 13.8. The van der Waals surface area contributed by atoms with Crippen molar-refractivity contribution in [3.8, 4) is 0 Å². The van der Waals surface area contributed by atoms with E-state index in [1.807, 2.05) is 49.4 Å². The maximum Gasteiger partial charge on any atom is 0.243 e. The number of amides is 1. The molecule has 0 aromatic heterocycles. The van der Waals surface area contributed by atoms with Gasteiger partial charge < -0.3 is 10.6 Å². The summed E-state index contributed by atoms with van der Waals surface area (Å²) in [4.78, 5) is 11.9. The highest BCUT2D eigenvalue weighted by Gasteiger charge is 2.03. The van der Waals surface area contributed by atoms with E-state index >= 15 is 0 Å². The van der Waals surface area contributed by atoms with Crippen LogP contribution in [0.2, 0.25) is 0 Å². The molecule has 3 nitrogen and oxygen atoms in total. The minimum Gasteiger partial charge on any atom is -0.376 e. The number of rotatable bonds is 5. The maximum absolute atomic E-state index is 11.9. The molecule has 0 bridgehead atoms. The normalized spacial score (nSPS) is 10.2. The number of anilines is 2. The third-order valence-corrected chi connectivity index (χ3v) is 4.15. The van der Waals surface area contributed by atoms with Crippen LogP contribution in [-0.4, -0.2) is 12.5 Å². The van der Waals surface area contributed by atoms with E-state index < -0.39 is 0 Å². The molecule has 0 unspecified atom stereocenters. The van der Waals surface area contributed by atoms with Crippen LogP contribution in [0.15, 0.2) is 46.9 Å². The first kappa shape index (κ1) is 15.6. The van der Waals surface area contributed by atoms with Crippen LogP contribution in [0, 0.1) is 6.92 Å². The van der Waals surface area contributed by atoms with Crippen LogP contribution in [0.3, 0.4) is 0 Å². The van der Waals surface area contributed by atoms with Crippen LogP contribution in [0.5, 0.6) is 0 Å². The molecular weight excluding hydrogens is 328 g/mol. The maximum atomic E-state index is 11.9. The van der Waals surface area contributed by atoms with Crippen LogP contribution in [0.1, 0.15) is 18.1 Å². The van der Waals surface area contributed by atoms with Crippen molar-refractivity contribution < 1.29 is 4.79 Å². The number of benzene rings is 2. The van der Waals surface area contributed by atoms with Gasteiger partial charge in [-0.15, -0.1) is 0 Å². The Morgan fingerprint density at radius 1 is 1.10 bits per heavy atom. The molecule has 0 spiro atoms. The lowest BCUT2D eigenvalue weighted by atomic mass is 10.1. The van der Waals surface area contributed by atoms with E-state index in [2.05, 4.69) is 33.5 Å². The van der Waals surface area contributed by atoms with Crippen molar-refractivity contribution in [3.05, 3.63) is 58.1 Å². The van der Waals surface area contributed by atoms with Crippen molar-refractivity contribution >= 4 is 33.2 Å². The van der Waals surface area contributed by atoms with E-state index in [0.29, 0.717) is 0 Å². The highest BCUT2D eigenvalue weighted by Crippen LogP contribution is 2.19. The van der Waals surface area contributed by atoms with Crippen molar-refractivity contribution in [2.24, 2.45) is 0 Å². The fourth-order valence-corrected chi connectivity index (χ4v) is 2.21. The Labute approximate surface area is 133 Å². The smallest absolute Gasteiger partial charge is 0.243 e. The number of carbonyl (C=O) groups excluding carboxylic acids is 1. The summed E-state index contributed by atoms with van der Waals surface area (Å²) in [6.45, 7) is 4.37. The molecule has 21 heavy (non-hydrogen) atoms. The molecule has 0 aliphatic heterocycles. The monoisotopic (exact) mass is 346 g/mol. The molecule has 0 fully saturated rings. The van der Waals surface area contributed by atoms with Crippen LogP contribution in [0.4, 0.5) is 11.4 Å². The van der Waals surface area contributed by atoms with Crippen molar-refractivity contribution in [3.63, 3.8) is 0 Å². The quantitative estimate of drug-likeness (QED) is 0.843. The van der Waals surface area contributed by atoms with Gasteiger partial charge in [-0.25, -0.2) is 0 Å². The van der Waals surface area contributed by atoms with Gasteiger partial charge in [-0.2, -0.15) is 0 Å². The fraction of sp³-hybridized carbons (Fsp3) is 0.235. The third kappa shape index (κ3) is 4.60. The molecule has 0 aliphatic rings. The summed E-state index contributed by atoms with van der Waals surface area (Å²) in [5.74, 6) is -0.0557. The number of hydrogen-bond donors (Lipinski definition) is 2. The molecule has 1 amide bonds. The predicted molar refractivity (Wildman–Crippen MR) is 91.8 cm³/mol. The molecule has 0 aliphatic carbocycles. The zero-order chi connectivity index (χ0) is 15.2. The van der Waals surface area contributed by atoms with E-state index in [1.54, 1.807) is 0 Å². The summed E-state index contributed by atoms with van der Waals surface area (Å²) in [5, 5.41) is 6.00. The Morgan fingerprint density at radius 3 is 2.38 bits per heavy atom. The first-order chi connectivity index (χ1) is 10.1. The molecule has 0 radical (unpaired) electrons. The van der Waals surface area contributed by atoms with Crippen LogP contribution in [0.25, 0.3) is 0 Å². The zero-order valence-corrected chi connectivity index (χ0v) is 13.8. The Morgan fingerprint density at radius 2 is 1.76 bits per heavy atom. The SMILES string of the molecule is CCc1ccc(NC(=O)CNc2ccc(Br)c(C)c2)cc1. The number of carbonyl (C=O) groups is 1. The van der Waals surface area contributed by atoms with Gasteiger partial charge in [0.2, 0.25) is 5.91 Å². The lowest BCUT2D eigenvalue weighted by molar-refractivity contribution is -0.114. The van der Waals surface area contributed by atoms with Crippen molar-refractivity contribution in [2.75, 3.05) is 17.2 Å². The number of nitrogens with one attached hydrogen (secondary N) is 2. The fourth-order valence-electron chi connectivity index (χ4n) is 1.97. The van der Waals surface area contributed by atoms with Gasteiger partial charge in [0.15, 0.2) is 0 Å². The number of hydrogen-bond acceptors (Lipinski definition) is 2. The van der Waals surface area contributed by atoms with E-state index in [1.165, 1.54) is 5.56 Å². The lowest BCUT2D eigenvalue weighted by Gasteiger charge is -2.09. The molecule has 2 rings (SSSR count). The molecular formula is C17H19BrN2O. The Balaban J connectivity index is 1.87. The molecule has 2 N–H and O–H groups in total. The number of aryl methyl sites for hydroxylation is 2. The topological polar surface area (TPSA) is 41.1 Å². The minimum absolute atomic E-state index is 0.0557. The predicted octanol–water partition coefficient (Wildman–Crippen LogP) is 4.37. The first-order valence-electron chi connectivity index (χ1n) is 6.97. The van der Waals surface area contributed by atoms with Gasteiger partial charge in [0.05, 0.1) is 6.54 Å².